The maximum atomic E-state index is 12.7. The average Bonchev–Trinajstić information content (AvgIpc) is 2.75. The van der Waals surface area contributed by atoms with Gasteiger partial charge in [-0.2, -0.15) is 0 Å². The zero-order valence-corrected chi connectivity index (χ0v) is 9.47. The third-order valence-electron chi connectivity index (χ3n) is 2.65. The highest BCUT2D eigenvalue weighted by atomic mass is 19.1. The summed E-state index contributed by atoms with van der Waals surface area (Å²) in [6, 6.07) is 6.24. The fourth-order valence-corrected chi connectivity index (χ4v) is 1.61. The molecule has 0 amide bonds. The number of carbonyl (C=O) groups excluding carboxylic acids is 1. The molecule has 0 aromatic heterocycles. The van der Waals surface area contributed by atoms with Crippen LogP contribution < -0.4 is 0 Å². The van der Waals surface area contributed by atoms with Gasteiger partial charge in [-0.1, -0.05) is 31.2 Å². The molecule has 1 aliphatic heterocycles. The molecular weight excluding hydrogens is 219 g/mol. The quantitative estimate of drug-likeness (QED) is 0.749. The molecule has 0 N–H and O–H groups in total. The number of rotatable bonds is 3. The second-order valence-electron chi connectivity index (χ2n) is 4.03. The SMILES string of the molecule is CC(/C=C/c1ccc(F)cc1)C1C=CC(=O)O1. The molecule has 2 atom stereocenters. The van der Waals surface area contributed by atoms with Gasteiger partial charge in [0.05, 0.1) is 0 Å². The van der Waals surface area contributed by atoms with Gasteiger partial charge in [0.2, 0.25) is 0 Å². The smallest absolute Gasteiger partial charge is 0.331 e. The van der Waals surface area contributed by atoms with Gasteiger partial charge in [-0.05, 0) is 23.8 Å². The lowest BCUT2D eigenvalue weighted by Crippen LogP contribution is -2.15. The van der Waals surface area contributed by atoms with Crippen molar-refractivity contribution in [1.82, 2.24) is 0 Å². The summed E-state index contributed by atoms with van der Waals surface area (Å²) < 4.78 is 17.8. The molecule has 0 bridgehead atoms. The lowest BCUT2D eigenvalue weighted by Gasteiger charge is -2.12. The van der Waals surface area contributed by atoms with E-state index in [9.17, 15) is 9.18 Å². The predicted octanol–water partition coefficient (Wildman–Crippen LogP) is 2.96. The van der Waals surface area contributed by atoms with Crippen LogP contribution in [0.25, 0.3) is 6.08 Å². The van der Waals surface area contributed by atoms with Crippen molar-refractivity contribution in [2.24, 2.45) is 5.92 Å². The monoisotopic (exact) mass is 232 g/mol. The third kappa shape index (κ3) is 3.03. The van der Waals surface area contributed by atoms with Gasteiger partial charge >= 0.3 is 5.97 Å². The number of hydrogen-bond acceptors (Lipinski definition) is 2. The van der Waals surface area contributed by atoms with Crippen molar-refractivity contribution in [3.8, 4) is 0 Å². The maximum Gasteiger partial charge on any atom is 0.331 e. The molecule has 0 saturated carbocycles. The highest BCUT2D eigenvalue weighted by Crippen LogP contribution is 2.17. The summed E-state index contributed by atoms with van der Waals surface area (Å²) >= 11 is 0. The second-order valence-corrected chi connectivity index (χ2v) is 4.03. The first-order valence-corrected chi connectivity index (χ1v) is 5.48. The molecule has 2 nitrogen and oxygen atoms in total. The Morgan fingerprint density at radius 1 is 1.35 bits per heavy atom. The van der Waals surface area contributed by atoms with Crippen molar-refractivity contribution in [3.63, 3.8) is 0 Å². The first-order valence-electron chi connectivity index (χ1n) is 5.48. The zero-order chi connectivity index (χ0) is 12.3. The lowest BCUT2D eigenvalue weighted by atomic mass is 10.0. The summed E-state index contributed by atoms with van der Waals surface area (Å²) in [6.45, 7) is 1.97. The molecule has 0 spiro atoms. The fraction of sp³-hybridized carbons (Fsp3) is 0.214. The van der Waals surface area contributed by atoms with Crippen molar-refractivity contribution in [2.75, 3.05) is 0 Å². The summed E-state index contributed by atoms with van der Waals surface area (Å²) in [7, 11) is 0. The molecule has 1 aliphatic rings. The summed E-state index contributed by atoms with van der Waals surface area (Å²) in [6.07, 6.45) is 6.83. The fourth-order valence-electron chi connectivity index (χ4n) is 1.61. The van der Waals surface area contributed by atoms with Gasteiger partial charge in [-0.25, -0.2) is 9.18 Å². The Morgan fingerprint density at radius 3 is 2.65 bits per heavy atom. The van der Waals surface area contributed by atoms with Gasteiger partial charge < -0.3 is 4.74 Å². The van der Waals surface area contributed by atoms with E-state index in [0.29, 0.717) is 0 Å². The third-order valence-corrected chi connectivity index (χ3v) is 2.65. The maximum absolute atomic E-state index is 12.7. The zero-order valence-electron chi connectivity index (χ0n) is 9.47. The molecule has 2 unspecified atom stereocenters. The molecule has 88 valence electrons. The van der Waals surface area contributed by atoms with E-state index in [4.69, 9.17) is 4.74 Å². The van der Waals surface area contributed by atoms with Crippen molar-refractivity contribution < 1.29 is 13.9 Å². The van der Waals surface area contributed by atoms with Crippen LogP contribution in [-0.2, 0) is 9.53 Å². The Morgan fingerprint density at radius 2 is 2.06 bits per heavy atom. The van der Waals surface area contributed by atoms with E-state index in [0.717, 1.165) is 5.56 Å². The summed E-state index contributed by atoms with van der Waals surface area (Å²) in [5.74, 6) is -0.442. The van der Waals surface area contributed by atoms with Crippen LogP contribution >= 0.6 is 0 Å². The topological polar surface area (TPSA) is 26.3 Å². The summed E-state index contributed by atoms with van der Waals surface area (Å²) in [4.78, 5) is 10.9. The van der Waals surface area contributed by atoms with Gasteiger partial charge in [0.25, 0.3) is 0 Å². The normalized spacial score (nSPS) is 20.8. The first kappa shape index (κ1) is 11.6. The molecule has 0 fully saturated rings. The van der Waals surface area contributed by atoms with Crippen molar-refractivity contribution in [1.29, 1.82) is 0 Å². The number of ether oxygens (including phenoxy) is 1. The van der Waals surface area contributed by atoms with E-state index in [2.05, 4.69) is 0 Å². The molecule has 1 aromatic rings. The molecule has 0 radical (unpaired) electrons. The van der Waals surface area contributed by atoms with Gasteiger partial charge in [-0.3, -0.25) is 0 Å². The minimum Gasteiger partial charge on any atom is -0.454 e. The standard InChI is InChI=1S/C14H13FO2/c1-10(13-8-9-14(16)17-13)2-3-11-4-6-12(15)7-5-11/h2-10,13H,1H3/b3-2+. The number of benzene rings is 1. The average molecular weight is 232 g/mol. The molecule has 17 heavy (non-hydrogen) atoms. The molecule has 1 heterocycles. The van der Waals surface area contributed by atoms with E-state index < -0.39 is 0 Å². The van der Waals surface area contributed by atoms with Gasteiger partial charge in [-0.15, -0.1) is 0 Å². The molecule has 0 aliphatic carbocycles. The molecule has 3 heteroatoms. The Balaban J connectivity index is 1.98. The number of halogens is 1. The van der Waals surface area contributed by atoms with E-state index in [1.165, 1.54) is 18.2 Å². The minimum absolute atomic E-state index is 0.0998. The molecular formula is C14H13FO2. The largest absolute Gasteiger partial charge is 0.454 e. The van der Waals surface area contributed by atoms with Crippen LogP contribution in [0, 0.1) is 11.7 Å². The van der Waals surface area contributed by atoms with Crippen LogP contribution in [0.2, 0.25) is 0 Å². The number of esters is 1. The van der Waals surface area contributed by atoms with Crippen molar-refractivity contribution in [2.45, 2.75) is 13.0 Å². The van der Waals surface area contributed by atoms with Crippen LogP contribution in [0.5, 0.6) is 0 Å². The van der Waals surface area contributed by atoms with Crippen LogP contribution in [-0.4, -0.2) is 12.1 Å². The van der Waals surface area contributed by atoms with E-state index >= 15 is 0 Å². The molecule has 1 aromatic carbocycles. The van der Waals surface area contributed by atoms with Crippen LogP contribution in [0.4, 0.5) is 4.39 Å². The predicted molar refractivity (Wildman–Crippen MR) is 63.6 cm³/mol. The van der Waals surface area contributed by atoms with Crippen LogP contribution in [0.15, 0.2) is 42.5 Å². The highest BCUT2D eigenvalue weighted by Gasteiger charge is 2.20. The summed E-state index contributed by atoms with van der Waals surface area (Å²) in [5, 5.41) is 0. The van der Waals surface area contributed by atoms with E-state index in [1.807, 2.05) is 19.1 Å². The van der Waals surface area contributed by atoms with E-state index in [-0.39, 0.29) is 23.8 Å². The van der Waals surface area contributed by atoms with Crippen LogP contribution in [0.3, 0.4) is 0 Å². The second kappa shape index (κ2) is 4.95. The Bertz CT molecular complexity index is 460. The Kier molecular flexibility index (Phi) is 3.38. The van der Waals surface area contributed by atoms with Gasteiger partial charge in [0.15, 0.2) is 0 Å². The van der Waals surface area contributed by atoms with Gasteiger partial charge in [0, 0.05) is 12.0 Å². The number of carbonyl (C=O) groups is 1. The first-order chi connectivity index (χ1) is 8.15. The Labute approximate surface area is 99.4 Å². The number of hydrogen-bond donors (Lipinski definition) is 0. The molecule has 0 saturated heterocycles. The van der Waals surface area contributed by atoms with Crippen molar-refractivity contribution in [3.05, 3.63) is 53.9 Å². The molecule has 2 rings (SSSR count). The van der Waals surface area contributed by atoms with Crippen LogP contribution in [0.1, 0.15) is 12.5 Å². The highest BCUT2D eigenvalue weighted by molar-refractivity contribution is 5.84. The Hall–Kier alpha value is -1.90. The van der Waals surface area contributed by atoms with Crippen molar-refractivity contribution >= 4 is 12.0 Å². The minimum atomic E-state index is -0.294. The van der Waals surface area contributed by atoms with Gasteiger partial charge in [0.1, 0.15) is 11.9 Å². The lowest BCUT2D eigenvalue weighted by molar-refractivity contribution is -0.139. The number of cyclic esters (lactones) is 1. The van der Waals surface area contributed by atoms with E-state index in [1.54, 1.807) is 18.2 Å². The summed E-state index contributed by atoms with van der Waals surface area (Å²) in [5.41, 5.74) is 0.923.